The Balaban J connectivity index is 0.00000261. The van der Waals surface area contributed by atoms with Crippen molar-refractivity contribution in [1.29, 1.82) is 0 Å². The van der Waals surface area contributed by atoms with Crippen LogP contribution in [0.3, 0.4) is 0 Å². The molecule has 0 unspecified atom stereocenters. The van der Waals surface area contributed by atoms with Gasteiger partial charge in [-0.3, -0.25) is 14.4 Å². The lowest BCUT2D eigenvalue weighted by Crippen LogP contribution is -2.30. The molecule has 0 radical (unpaired) electrons. The number of para-hydroxylation sites is 1. The number of benzene rings is 1. The zero-order chi connectivity index (χ0) is 18.5. The first kappa shape index (κ1) is 20.7. The Morgan fingerprint density at radius 2 is 1.81 bits per heavy atom. The number of aromatic amines is 1. The molecule has 2 amide bonds. The quantitative estimate of drug-likeness (QED) is 0.620. The Bertz CT molecular complexity index is 895. The van der Waals surface area contributed by atoms with Gasteiger partial charge in [-0.15, -0.1) is 12.4 Å². The smallest absolute Gasteiger partial charge is 0.261 e. The molecule has 2 aromatic rings. The summed E-state index contributed by atoms with van der Waals surface area (Å²) in [5.41, 5.74) is 7.65. The summed E-state index contributed by atoms with van der Waals surface area (Å²) in [4.78, 5) is 39.9. The van der Waals surface area contributed by atoms with Gasteiger partial charge in [0.1, 0.15) is 5.56 Å². The number of aryl methyl sites for hydroxylation is 2. The molecule has 1 heterocycles. The number of nitrogens with one attached hydrogen (secondary N) is 3. The fourth-order valence-electron chi connectivity index (χ4n) is 3.10. The van der Waals surface area contributed by atoms with Gasteiger partial charge in [-0.1, -0.05) is 12.1 Å². The second-order valence-electron chi connectivity index (χ2n) is 6.27. The molecule has 5 N–H and O–H groups in total. The van der Waals surface area contributed by atoms with Gasteiger partial charge >= 0.3 is 0 Å². The fraction of sp³-hybridized carbons (Fsp3) is 0.316. The topological polar surface area (TPSA) is 117 Å². The molecule has 1 aromatic carbocycles. The number of carbonyl (C=O) groups is 2. The fourth-order valence-corrected chi connectivity index (χ4v) is 3.10. The van der Waals surface area contributed by atoms with E-state index in [0.717, 1.165) is 36.9 Å². The summed E-state index contributed by atoms with van der Waals surface area (Å²) in [5, 5.41) is 5.35. The molecule has 1 aliphatic carbocycles. The number of H-pyrrole nitrogens is 1. The summed E-state index contributed by atoms with van der Waals surface area (Å²) in [6.45, 7) is 0.663. The van der Waals surface area contributed by atoms with Crippen molar-refractivity contribution in [2.24, 2.45) is 5.73 Å². The first-order valence-corrected chi connectivity index (χ1v) is 8.74. The number of aromatic nitrogens is 1. The van der Waals surface area contributed by atoms with E-state index in [-0.39, 0.29) is 23.9 Å². The molecule has 1 aliphatic rings. The summed E-state index contributed by atoms with van der Waals surface area (Å²) in [6.07, 6.45) is 3.77. The van der Waals surface area contributed by atoms with E-state index in [0.29, 0.717) is 24.3 Å². The zero-order valence-electron chi connectivity index (χ0n) is 14.8. The van der Waals surface area contributed by atoms with Gasteiger partial charge in [0.05, 0.1) is 11.3 Å². The van der Waals surface area contributed by atoms with Crippen LogP contribution in [0.1, 0.15) is 44.8 Å². The molecule has 8 heteroatoms. The minimum absolute atomic E-state index is 0. The minimum atomic E-state index is -0.529. The zero-order valence-corrected chi connectivity index (χ0v) is 15.7. The highest BCUT2D eigenvalue weighted by Crippen LogP contribution is 2.20. The van der Waals surface area contributed by atoms with Gasteiger partial charge in [0.2, 0.25) is 0 Å². The maximum Gasteiger partial charge on any atom is 0.261 e. The molecular formula is C19H23ClN4O3. The van der Waals surface area contributed by atoms with Crippen molar-refractivity contribution in [2.75, 3.05) is 18.4 Å². The average Bonchev–Trinajstić information content (AvgIpc) is 2.65. The number of anilines is 1. The van der Waals surface area contributed by atoms with E-state index in [9.17, 15) is 14.4 Å². The standard InChI is InChI=1S/C19H22N4O3.ClH/c20-9-10-21-17(24)13-6-2-4-8-16(13)23-19(26)14-11-12-5-1-3-7-15(12)22-18(14)25;/h2,4,6,8,11H,1,3,5,7,9-10,20H2,(H,21,24)(H,22,25)(H,23,26);1H. The third-order valence-corrected chi connectivity index (χ3v) is 4.43. The van der Waals surface area contributed by atoms with E-state index in [1.165, 1.54) is 0 Å². The monoisotopic (exact) mass is 390 g/mol. The van der Waals surface area contributed by atoms with Crippen LogP contribution in [0.25, 0.3) is 0 Å². The number of fused-ring (bicyclic) bond motifs is 1. The van der Waals surface area contributed by atoms with Gasteiger partial charge in [0.25, 0.3) is 17.4 Å². The Morgan fingerprint density at radius 3 is 2.59 bits per heavy atom. The molecule has 0 saturated heterocycles. The van der Waals surface area contributed by atoms with Crippen molar-refractivity contribution < 1.29 is 9.59 Å². The van der Waals surface area contributed by atoms with Crippen LogP contribution in [-0.4, -0.2) is 29.9 Å². The third-order valence-electron chi connectivity index (χ3n) is 4.43. The number of amides is 2. The third kappa shape index (κ3) is 4.75. The Hall–Kier alpha value is -2.64. The predicted octanol–water partition coefficient (Wildman–Crippen LogP) is 1.62. The maximum atomic E-state index is 12.6. The second kappa shape index (κ2) is 9.34. The number of rotatable bonds is 5. The van der Waals surface area contributed by atoms with Gasteiger partial charge in [0, 0.05) is 18.8 Å². The summed E-state index contributed by atoms with van der Waals surface area (Å²) in [6, 6.07) is 8.32. The first-order chi connectivity index (χ1) is 12.6. The molecule has 0 fully saturated rings. The van der Waals surface area contributed by atoms with Crippen LogP contribution < -0.4 is 21.9 Å². The van der Waals surface area contributed by atoms with Crippen molar-refractivity contribution in [1.82, 2.24) is 10.3 Å². The van der Waals surface area contributed by atoms with E-state index >= 15 is 0 Å². The number of carbonyl (C=O) groups excluding carboxylic acids is 2. The summed E-state index contributed by atoms with van der Waals surface area (Å²) in [7, 11) is 0. The van der Waals surface area contributed by atoms with Crippen LogP contribution in [0.15, 0.2) is 35.1 Å². The van der Waals surface area contributed by atoms with Crippen molar-refractivity contribution in [3.8, 4) is 0 Å². The highest BCUT2D eigenvalue weighted by atomic mass is 35.5. The van der Waals surface area contributed by atoms with Crippen molar-refractivity contribution in [3.05, 3.63) is 63.1 Å². The molecule has 1 aromatic heterocycles. The summed E-state index contributed by atoms with van der Waals surface area (Å²) < 4.78 is 0. The molecular weight excluding hydrogens is 368 g/mol. The predicted molar refractivity (Wildman–Crippen MR) is 107 cm³/mol. The highest BCUT2D eigenvalue weighted by molar-refractivity contribution is 6.08. The SMILES string of the molecule is Cl.NCCNC(=O)c1ccccc1NC(=O)c1cc2c([nH]c1=O)CCCC2. The Labute approximate surface area is 163 Å². The molecule has 0 spiro atoms. The average molecular weight is 391 g/mol. The van der Waals surface area contributed by atoms with Crippen molar-refractivity contribution in [2.45, 2.75) is 25.7 Å². The molecule has 7 nitrogen and oxygen atoms in total. The van der Waals surface area contributed by atoms with Gasteiger partial charge in [-0.05, 0) is 49.4 Å². The van der Waals surface area contributed by atoms with Gasteiger partial charge in [0.15, 0.2) is 0 Å². The van der Waals surface area contributed by atoms with E-state index in [4.69, 9.17) is 5.73 Å². The van der Waals surface area contributed by atoms with Crippen LogP contribution in [0.2, 0.25) is 0 Å². The highest BCUT2D eigenvalue weighted by Gasteiger charge is 2.19. The van der Waals surface area contributed by atoms with Crippen LogP contribution in [0.4, 0.5) is 5.69 Å². The van der Waals surface area contributed by atoms with Crippen LogP contribution in [0.5, 0.6) is 0 Å². The van der Waals surface area contributed by atoms with Crippen molar-refractivity contribution in [3.63, 3.8) is 0 Å². The van der Waals surface area contributed by atoms with Crippen LogP contribution >= 0.6 is 12.4 Å². The molecule has 0 atom stereocenters. The van der Waals surface area contributed by atoms with Crippen LogP contribution in [0, 0.1) is 0 Å². The Morgan fingerprint density at radius 1 is 1.07 bits per heavy atom. The lowest BCUT2D eigenvalue weighted by Gasteiger charge is -2.16. The normalized spacial score (nSPS) is 12.5. The van der Waals surface area contributed by atoms with Crippen LogP contribution in [-0.2, 0) is 12.8 Å². The molecule has 0 aliphatic heterocycles. The lowest BCUT2D eigenvalue weighted by molar-refractivity contribution is 0.0955. The number of hydrogen-bond donors (Lipinski definition) is 4. The van der Waals surface area contributed by atoms with E-state index < -0.39 is 11.5 Å². The largest absolute Gasteiger partial charge is 0.351 e. The molecule has 0 bridgehead atoms. The van der Waals surface area contributed by atoms with Gasteiger partial charge < -0.3 is 21.4 Å². The summed E-state index contributed by atoms with van der Waals surface area (Å²) in [5.74, 6) is -0.857. The molecule has 3 rings (SSSR count). The molecule has 144 valence electrons. The lowest BCUT2D eigenvalue weighted by atomic mass is 9.95. The minimum Gasteiger partial charge on any atom is -0.351 e. The molecule has 27 heavy (non-hydrogen) atoms. The number of hydrogen-bond acceptors (Lipinski definition) is 4. The van der Waals surface area contributed by atoms with E-state index in [2.05, 4.69) is 15.6 Å². The van der Waals surface area contributed by atoms with Gasteiger partial charge in [-0.25, -0.2) is 0 Å². The first-order valence-electron chi connectivity index (χ1n) is 8.74. The number of halogens is 1. The second-order valence-corrected chi connectivity index (χ2v) is 6.27. The molecule has 0 saturated carbocycles. The van der Waals surface area contributed by atoms with E-state index in [1.54, 1.807) is 30.3 Å². The summed E-state index contributed by atoms with van der Waals surface area (Å²) >= 11 is 0. The Kier molecular flexibility index (Phi) is 7.15. The van der Waals surface area contributed by atoms with Crippen molar-refractivity contribution >= 4 is 29.9 Å². The number of nitrogens with two attached hydrogens (primary N) is 1. The van der Waals surface area contributed by atoms with Gasteiger partial charge in [-0.2, -0.15) is 0 Å². The number of pyridine rings is 1. The van der Waals surface area contributed by atoms with E-state index in [1.807, 2.05) is 0 Å². The maximum absolute atomic E-state index is 12.6.